The van der Waals surface area contributed by atoms with Crippen LogP contribution in [0, 0.1) is 11.3 Å². The highest BCUT2D eigenvalue weighted by atomic mass is 19.4. The van der Waals surface area contributed by atoms with Crippen molar-refractivity contribution >= 4 is 11.9 Å². The third-order valence-electron chi connectivity index (χ3n) is 3.64. The van der Waals surface area contributed by atoms with E-state index < -0.39 is 29.7 Å². The van der Waals surface area contributed by atoms with Gasteiger partial charge in [-0.25, -0.2) is 4.79 Å². The second-order valence-corrected chi connectivity index (χ2v) is 5.41. The molecule has 0 aromatic heterocycles. The van der Waals surface area contributed by atoms with Gasteiger partial charge >= 0.3 is 12.1 Å². The summed E-state index contributed by atoms with van der Waals surface area (Å²) in [6, 6.07) is 10.4. The highest BCUT2D eigenvalue weighted by molar-refractivity contribution is 5.96. The number of benzene rings is 2. The van der Waals surface area contributed by atoms with Crippen molar-refractivity contribution in [1.29, 1.82) is 5.26 Å². The van der Waals surface area contributed by atoms with E-state index in [0.717, 1.165) is 24.3 Å². The van der Waals surface area contributed by atoms with Crippen molar-refractivity contribution in [1.82, 2.24) is 5.32 Å². The van der Waals surface area contributed by atoms with Crippen LogP contribution in [0.3, 0.4) is 0 Å². The fourth-order valence-corrected chi connectivity index (χ4v) is 2.28. The molecule has 2 aromatic carbocycles. The largest absolute Gasteiger partial charge is 0.480 e. The Bertz CT molecular complexity index is 855. The van der Waals surface area contributed by atoms with Crippen LogP contribution in [0.15, 0.2) is 48.5 Å². The maximum absolute atomic E-state index is 12.5. The van der Waals surface area contributed by atoms with Gasteiger partial charge in [0.2, 0.25) is 0 Å². The Hall–Kier alpha value is -3.34. The Balaban J connectivity index is 2.16. The van der Waals surface area contributed by atoms with Crippen molar-refractivity contribution in [2.24, 2.45) is 0 Å². The first-order valence-electron chi connectivity index (χ1n) is 7.41. The van der Waals surface area contributed by atoms with Gasteiger partial charge in [-0.2, -0.15) is 18.4 Å². The molecule has 2 N–H and O–H groups in total. The molecule has 0 bridgehead atoms. The number of nitriles is 1. The predicted molar refractivity (Wildman–Crippen MR) is 85.2 cm³/mol. The molecule has 0 unspecified atom stereocenters. The molecule has 0 spiro atoms. The molecule has 0 fully saturated rings. The minimum absolute atomic E-state index is 0.0992. The number of carbonyl (C=O) groups is 2. The molecular formula is C18H13F3N2O3. The zero-order valence-corrected chi connectivity index (χ0v) is 13.2. The maximum atomic E-state index is 12.5. The lowest BCUT2D eigenvalue weighted by Crippen LogP contribution is -2.42. The molecule has 0 saturated carbocycles. The monoisotopic (exact) mass is 362 g/mol. The zero-order valence-electron chi connectivity index (χ0n) is 13.2. The van der Waals surface area contributed by atoms with Crippen LogP contribution >= 0.6 is 0 Å². The lowest BCUT2D eigenvalue weighted by atomic mass is 10.0. The number of amides is 1. The summed E-state index contributed by atoms with van der Waals surface area (Å²) in [6.45, 7) is 0. The van der Waals surface area contributed by atoms with Gasteiger partial charge in [0.25, 0.3) is 5.91 Å². The molecule has 0 radical (unpaired) electrons. The highest BCUT2D eigenvalue weighted by Gasteiger charge is 2.30. The number of alkyl halides is 3. The van der Waals surface area contributed by atoms with Crippen molar-refractivity contribution in [3.8, 4) is 6.07 Å². The minimum Gasteiger partial charge on any atom is -0.480 e. The smallest absolute Gasteiger partial charge is 0.416 e. The molecule has 1 atom stereocenters. The van der Waals surface area contributed by atoms with Gasteiger partial charge in [0.05, 0.1) is 17.2 Å². The van der Waals surface area contributed by atoms with Gasteiger partial charge in [-0.1, -0.05) is 18.2 Å². The molecular weight excluding hydrogens is 349 g/mol. The third kappa shape index (κ3) is 4.60. The minimum atomic E-state index is -4.53. The number of carbonyl (C=O) groups excluding carboxylic acids is 1. The van der Waals surface area contributed by atoms with Crippen LogP contribution in [0.5, 0.6) is 0 Å². The number of nitrogens with one attached hydrogen (secondary N) is 1. The van der Waals surface area contributed by atoms with E-state index in [1.165, 1.54) is 6.07 Å². The van der Waals surface area contributed by atoms with E-state index in [0.29, 0.717) is 5.56 Å². The number of aliphatic carboxylic acids is 1. The van der Waals surface area contributed by atoms with E-state index in [1.807, 2.05) is 6.07 Å². The van der Waals surface area contributed by atoms with Crippen LogP contribution in [0.1, 0.15) is 27.0 Å². The Labute approximate surface area is 146 Å². The number of rotatable bonds is 5. The Morgan fingerprint density at radius 3 is 2.27 bits per heavy atom. The summed E-state index contributed by atoms with van der Waals surface area (Å²) in [4.78, 5) is 23.6. The van der Waals surface area contributed by atoms with Crippen LogP contribution < -0.4 is 5.32 Å². The SMILES string of the molecule is N#Cc1ccccc1C[C@H](NC(=O)c1ccc(C(F)(F)F)cc1)C(=O)O. The van der Waals surface area contributed by atoms with E-state index >= 15 is 0 Å². The van der Waals surface area contributed by atoms with E-state index in [2.05, 4.69) is 5.32 Å². The maximum Gasteiger partial charge on any atom is 0.416 e. The van der Waals surface area contributed by atoms with E-state index in [1.54, 1.807) is 18.2 Å². The van der Waals surface area contributed by atoms with Crippen molar-refractivity contribution < 1.29 is 27.9 Å². The van der Waals surface area contributed by atoms with Gasteiger partial charge in [-0.3, -0.25) is 4.79 Å². The summed E-state index contributed by atoms with van der Waals surface area (Å²) in [5.41, 5.74) is -0.290. The molecule has 0 aliphatic heterocycles. The highest BCUT2D eigenvalue weighted by Crippen LogP contribution is 2.29. The van der Waals surface area contributed by atoms with Crippen LogP contribution in [0.2, 0.25) is 0 Å². The summed E-state index contributed by atoms with van der Waals surface area (Å²) >= 11 is 0. The third-order valence-corrected chi connectivity index (χ3v) is 3.64. The standard InChI is InChI=1S/C18H13F3N2O3/c19-18(20,21)14-7-5-11(6-8-14)16(24)23-15(17(25)26)9-12-3-1-2-4-13(12)10-22/h1-8,15H,9H2,(H,23,24)(H,25,26)/t15-/m0/s1. The fraction of sp³-hybridized carbons (Fsp3) is 0.167. The second kappa shape index (κ2) is 7.70. The Morgan fingerprint density at radius 1 is 1.12 bits per heavy atom. The van der Waals surface area contributed by atoms with Crippen molar-refractivity contribution in [2.75, 3.05) is 0 Å². The number of halogens is 3. The predicted octanol–water partition coefficient (Wildman–Crippen LogP) is 3.00. The molecule has 134 valence electrons. The normalized spacial score (nSPS) is 12.1. The summed E-state index contributed by atoms with van der Waals surface area (Å²) in [6.07, 6.45) is -4.66. The summed E-state index contributed by atoms with van der Waals surface area (Å²) in [5, 5.41) is 20.6. The van der Waals surface area contributed by atoms with Gasteiger partial charge in [0.1, 0.15) is 6.04 Å². The zero-order chi connectivity index (χ0) is 19.3. The number of carboxylic acids is 1. The van der Waals surface area contributed by atoms with Crippen molar-refractivity contribution in [3.05, 3.63) is 70.8 Å². The van der Waals surface area contributed by atoms with Crippen LogP contribution in [0.4, 0.5) is 13.2 Å². The van der Waals surface area contributed by atoms with Gasteiger partial charge in [-0.05, 0) is 35.9 Å². The molecule has 8 heteroatoms. The number of hydrogen-bond donors (Lipinski definition) is 2. The van der Waals surface area contributed by atoms with Gasteiger partial charge in [-0.15, -0.1) is 0 Å². The van der Waals surface area contributed by atoms with E-state index in [4.69, 9.17) is 5.26 Å². The lowest BCUT2D eigenvalue weighted by molar-refractivity contribution is -0.139. The molecule has 5 nitrogen and oxygen atoms in total. The molecule has 26 heavy (non-hydrogen) atoms. The van der Waals surface area contributed by atoms with Gasteiger partial charge < -0.3 is 10.4 Å². The Kier molecular flexibility index (Phi) is 5.62. The van der Waals surface area contributed by atoms with Crippen LogP contribution in [-0.4, -0.2) is 23.0 Å². The number of nitrogens with zero attached hydrogens (tertiary/aromatic N) is 1. The molecule has 0 saturated heterocycles. The quantitative estimate of drug-likeness (QED) is 0.856. The van der Waals surface area contributed by atoms with E-state index in [-0.39, 0.29) is 17.5 Å². The number of hydrogen-bond acceptors (Lipinski definition) is 3. The molecule has 0 aliphatic rings. The number of carboxylic acid groups (broad SMARTS) is 1. The first kappa shape index (κ1) is 19.0. The average Bonchev–Trinajstić information content (AvgIpc) is 2.60. The molecule has 0 aliphatic carbocycles. The van der Waals surface area contributed by atoms with Gasteiger partial charge in [0.15, 0.2) is 0 Å². The topological polar surface area (TPSA) is 90.2 Å². The molecule has 1 amide bonds. The molecule has 0 heterocycles. The summed E-state index contributed by atoms with van der Waals surface area (Å²) in [7, 11) is 0. The molecule has 2 rings (SSSR count). The summed E-state index contributed by atoms with van der Waals surface area (Å²) in [5.74, 6) is -2.14. The molecule has 2 aromatic rings. The first-order valence-corrected chi connectivity index (χ1v) is 7.41. The second-order valence-electron chi connectivity index (χ2n) is 5.41. The fourth-order valence-electron chi connectivity index (χ4n) is 2.28. The van der Waals surface area contributed by atoms with Gasteiger partial charge in [0, 0.05) is 12.0 Å². The summed E-state index contributed by atoms with van der Waals surface area (Å²) < 4.78 is 37.6. The van der Waals surface area contributed by atoms with Crippen molar-refractivity contribution in [2.45, 2.75) is 18.6 Å². The Morgan fingerprint density at radius 2 is 1.73 bits per heavy atom. The lowest BCUT2D eigenvalue weighted by Gasteiger charge is -2.15. The van der Waals surface area contributed by atoms with E-state index in [9.17, 15) is 27.9 Å². The first-order chi connectivity index (χ1) is 12.2. The van der Waals surface area contributed by atoms with Crippen LogP contribution in [-0.2, 0) is 17.4 Å². The van der Waals surface area contributed by atoms with Crippen molar-refractivity contribution in [3.63, 3.8) is 0 Å². The average molecular weight is 362 g/mol. The van der Waals surface area contributed by atoms with Crippen LogP contribution in [0.25, 0.3) is 0 Å².